The highest BCUT2D eigenvalue weighted by molar-refractivity contribution is 7.90. The number of rotatable bonds is 3. The first kappa shape index (κ1) is 15.2. The Hall–Kier alpha value is -2.19. The Labute approximate surface area is 123 Å². The molecule has 0 atom stereocenters. The molecule has 2 rings (SSSR count). The Kier molecular flexibility index (Phi) is 4.10. The standard InChI is InChI=1S/C16H14FNO2S/c1-11-3-4-16(12(2)5-11)21(19,20)10-14-6-13(9-18)7-15(17)8-14/h3-8H,10H2,1-2H3. The number of sulfone groups is 1. The summed E-state index contributed by atoms with van der Waals surface area (Å²) in [5, 5.41) is 8.81. The van der Waals surface area contributed by atoms with E-state index < -0.39 is 15.7 Å². The maximum Gasteiger partial charge on any atom is 0.182 e. The number of hydrogen-bond acceptors (Lipinski definition) is 3. The SMILES string of the molecule is Cc1ccc(S(=O)(=O)Cc2cc(F)cc(C#N)c2)c(C)c1. The molecule has 5 heteroatoms. The van der Waals surface area contributed by atoms with Crippen molar-refractivity contribution in [2.24, 2.45) is 0 Å². The molecule has 0 unspecified atom stereocenters. The maximum atomic E-state index is 13.4. The average molecular weight is 303 g/mol. The predicted molar refractivity (Wildman–Crippen MR) is 77.9 cm³/mol. The van der Waals surface area contributed by atoms with Gasteiger partial charge in [0.1, 0.15) is 5.82 Å². The highest BCUT2D eigenvalue weighted by Gasteiger charge is 2.18. The van der Waals surface area contributed by atoms with Gasteiger partial charge in [0.15, 0.2) is 9.84 Å². The van der Waals surface area contributed by atoms with Crippen LogP contribution < -0.4 is 0 Å². The molecule has 0 aliphatic rings. The fourth-order valence-corrected chi connectivity index (χ4v) is 3.83. The zero-order valence-electron chi connectivity index (χ0n) is 11.7. The van der Waals surface area contributed by atoms with E-state index in [1.807, 2.05) is 13.0 Å². The van der Waals surface area contributed by atoms with Crippen LogP contribution in [0.4, 0.5) is 4.39 Å². The Morgan fingerprint density at radius 2 is 1.86 bits per heavy atom. The van der Waals surface area contributed by atoms with Crippen molar-refractivity contribution < 1.29 is 12.8 Å². The molecule has 0 aromatic heterocycles. The molecule has 0 radical (unpaired) electrons. The van der Waals surface area contributed by atoms with Crippen LogP contribution in [0.3, 0.4) is 0 Å². The van der Waals surface area contributed by atoms with Crippen LogP contribution in [-0.4, -0.2) is 8.42 Å². The lowest BCUT2D eigenvalue weighted by Crippen LogP contribution is -2.07. The van der Waals surface area contributed by atoms with E-state index in [9.17, 15) is 12.8 Å². The van der Waals surface area contributed by atoms with Crippen molar-refractivity contribution in [3.63, 3.8) is 0 Å². The van der Waals surface area contributed by atoms with Crippen molar-refractivity contribution in [3.05, 3.63) is 64.5 Å². The van der Waals surface area contributed by atoms with Gasteiger partial charge in [-0.25, -0.2) is 12.8 Å². The Morgan fingerprint density at radius 3 is 2.48 bits per heavy atom. The molecule has 2 aromatic carbocycles. The van der Waals surface area contributed by atoms with E-state index in [1.165, 1.54) is 6.07 Å². The van der Waals surface area contributed by atoms with Crippen LogP contribution in [0.1, 0.15) is 22.3 Å². The number of benzene rings is 2. The molecule has 0 fully saturated rings. The van der Waals surface area contributed by atoms with Gasteiger partial charge in [-0.05, 0) is 49.2 Å². The lowest BCUT2D eigenvalue weighted by Gasteiger charge is -2.09. The van der Waals surface area contributed by atoms with Crippen LogP contribution in [0.15, 0.2) is 41.3 Å². The zero-order chi connectivity index (χ0) is 15.6. The summed E-state index contributed by atoms with van der Waals surface area (Å²) in [6.45, 7) is 3.61. The maximum absolute atomic E-state index is 13.4. The largest absolute Gasteiger partial charge is 0.223 e. The fraction of sp³-hybridized carbons (Fsp3) is 0.188. The van der Waals surface area contributed by atoms with Crippen molar-refractivity contribution in [1.29, 1.82) is 5.26 Å². The van der Waals surface area contributed by atoms with E-state index in [0.29, 0.717) is 5.56 Å². The third-order valence-corrected chi connectivity index (χ3v) is 4.95. The van der Waals surface area contributed by atoms with Gasteiger partial charge in [-0.2, -0.15) is 5.26 Å². The predicted octanol–water partition coefficient (Wildman–Crippen LogP) is 3.29. The van der Waals surface area contributed by atoms with E-state index in [1.54, 1.807) is 25.1 Å². The summed E-state index contributed by atoms with van der Waals surface area (Å²) in [6, 6.07) is 10.5. The minimum Gasteiger partial charge on any atom is -0.223 e. The molecule has 0 amide bonds. The van der Waals surface area contributed by atoms with Gasteiger partial charge < -0.3 is 0 Å². The van der Waals surface area contributed by atoms with Crippen molar-refractivity contribution in [2.75, 3.05) is 0 Å². The van der Waals surface area contributed by atoms with Crippen molar-refractivity contribution in [3.8, 4) is 6.07 Å². The molecule has 21 heavy (non-hydrogen) atoms. The molecule has 0 N–H and O–H groups in total. The number of aryl methyl sites for hydroxylation is 2. The molecule has 0 saturated carbocycles. The number of halogens is 1. The first-order chi connectivity index (χ1) is 9.81. The van der Waals surface area contributed by atoms with Crippen molar-refractivity contribution >= 4 is 9.84 Å². The molecule has 0 saturated heterocycles. The van der Waals surface area contributed by atoms with Crippen LogP contribution in [0.2, 0.25) is 0 Å². The minimum atomic E-state index is -3.58. The lowest BCUT2D eigenvalue weighted by molar-refractivity contribution is 0.594. The normalized spacial score (nSPS) is 11.1. The summed E-state index contributed by atoms with van der Waals surface area (Å²) < 4.78 is 38.3. The summed E-state index contributed by atoms with van der Waals surface area (Å²) in [5.74, 6) is -0.941. The molecular weight excluding hydrogens is 289 g/mol. The minimum absolute atomic E-state index is 0.112. The smallest absolute Gasteiger partial charge is 0.182 e. The molecule has 0 aliphatic heterocycles. The Balaban J connectivity index is 2.42. The van der Waals surface area contributed by atoms with E-state index in [-0.39, 0.29) is 21.8 Å². The van der Waals surface area contributed by atoms with Gasteiger partial charge in [0.2, 0.25) is 0 Å². The van der Waals surface area contributed by atoms with Crippen LogP contribution in [0.5, 0.6) is 0 Å². The zero-order valence-corrected chi connectivity index (χ0v) is 12.5. The molecule has 3 nitrogen and oxygen atoms in total. The van der Waals surface area contributed by atoms with Crippen LogP contribution in [0, 0.1) is 31.0 Å². The number of nitriles is 1. The van der Waals surface area contributed by atoms with E-state index >= 15 is 0 Å². The van der Waals surface area contributed by atoms with Gasteiger partial charge in [-0.1, -0.05) is 17.7 Å². The summed E-state index contributed by atoms with van der Waals surface area (Å²) in [4.78, 5) is 0.232. The summed E-state index contributed by atoms with van der Waals surface area (Å²) in [6.07, 6.45) is 0. The summed E-state index contributed by atoms with van der Waals surface area (Å²) in [5.41, 5.74) is 2.02. The molecule has 0 aliphatic carbocycles. The number of hydrogen-bond donors (Lipinski definition) is 0. The Bertz CT molecular complexity index is 836. The van der Waals surface area contributed by atoms with E-state index in [0.717, 1.165) is 17.7 Å². The summed E-state index contributed by atoms with van der Waals surface area (Å²) >= 11 is 0. The second-order valence-corrected chi connectivity index (χ2v) is 6.95. The molecule has 108 valence electrons. The van der Waals surface area contributed by atoms with Crippen molar-refractivity contribution in [2.45, 2.75) is 24.5 Å². The molecular formula is C16H14FNO2S. The molecule has 0 heterocycles. The average Bonchev–Trinajstić information content (AvgIpc) is 2.36. The first-order valence-electron chi connectivity index (χ1n) is 6.31. The van der Waals surface area contributed by atoms with Gasteiger partial charge in [0.25, 0.3) is 0 Å². The highest BCUT2D eigenvalue weighted by atomic mass is 32.2. The fourth-order valence-electron chi connectivity index (χ4n) is 2.24. The molecule has 0 spiro atoms. The van der Waals surface area contributed by atoms with Gasteiger partial charge in [0, 0.05) is 0 Å². The first-order valence-corrected chi connectivity index (χ1v) is 7.96. The quantitative estimate of drug-likeness (QED) is 0.874. The van der Waals surface area contributed by atoms with Gasteiger partial charge in [0.05, 0.1) is 22.3 Å². The van der Waals surface area contributed by atoms with Gasteiger partial charge >= 0.3 is 0 Å². The molecule has 0 bridgehead atoms. The lowest BCUT2D eigenvalue weighted by atomic mass is 10.1. The molecule has 2 aromatic rings. The van der Waals surface area contributed by atoms with Crippen LogP contribution >= 0.6 is 0 Å². The van der Waals surface area contributed by atoms with E-state index in [4.69, 9.17) is 5.26 Å². The second kappa shape index (κ2) is 5.66. The van der Waals surface area contributed by atoms with Gasteiger partial charge in [-0.3, -0.25) is 0 Å². The summed E-state index contributed by atoms with van der Waals surface area (Å²) in [7, 11) is -3.58. The second-order valence-electron chi connectivity index (χ2n) is 4.99. The van der Waals surface area contributed by atoms with Crippen LogP contribution in [0.25, 0.3) is 0 Å². The van der Waals surface area contributed by atoms with Crippen LogP contribution in [-0.2, 0) is 15.6 Å². The van der Waals surface area contributed by atoms with E-state index in [2.05, 4.69) is 0 Å². The topological polar surface area (TPSA) is 57.9 Å². The van der Waals surface area contributed by atoms with Gasteiger partial charge in [-0.15, -0.1) is 0 Å². The number of nitrogens with zero attached hydrogens (tertiary/aromatic N) is 1. The third kappa shape index (κ3) is 3.47. The third-order valence-electron chi connectivity index (χ3n) is 3.11. The van der Waals surface area contributed by atoms with Crippen molar-refractivity contribution in [1.82, 2.24) is 0 Å². The Morgan fingerprint density at radius 1 is 1.14 bits per heavy atom. The monoisotopic (exact) mass is 303 g/mol. The highest BCUT2D eigenvalue weighted by Crippen LogP contribution is 2.22.